The summed E-state index contributed by atoms with van der Waals surface area (Å²) in [5, 5.41) is 15.4. The van der Waals surface area contributed by atoms with Gasteiger partial charge in [0.15, 0.2) is 5.82 Å². The Kier molecular flexibility index (Phi) is 4.59. The summed E-state index contributed by atoms with van der Waals surface area (Å²) in [5.74, 6) is 0.795. The van der Waals surface area contributed by atoms with Crippen LogP contribution < -0.4 is 0 Å². The Balaban J connectivity index is 1.81. The zero-order chi connectivity index (χ0) is 18.0. The fraction of sp³-hybridized carbons (Fsp3) is 0.450. The summed E-state index contributed by atoms with van der Waals surface area (Å²) in [6.45, 7) is 3.33. The summed E-state index contributed by atoms with van der Waals surface area (Å²) in [6, 6.07) is 10.1. The van der Waals surface area contributed by atoms with Gasteiger partial charge in [-0.25, -0.2) is 14.6 Å². The third-order valence-electron chi connectivity index (χ3n) is 5.26. The van der Waals surface area contributed by atoms with Crippen LogP contribution in [0, 0.1) is 0 Å². The Morgan fingerprint density at radius 1 is 1.08 bits per heavy atom. The van der Waals surface area contributed by atoms with Crippen molar-refractivity contribution in [1.29, 1.82) is 0 Å². The van der Waals surface area contributed by atoms with Crippen molar-refractivity contribution in [3.63, 3.8) is 0 Å². The van der Waals surface area contributed by atoms with Crippen LogP contribution in [0.5, 0.6) is 0 Å². The molecule has 0 atom stereocenters. The molecule has 4 rings (SSSR count). The molecule has 6 nitrogen and oxygen atoms in total. The quantitative estimate of drug-likeness (QED) is 0.763. The molecule has 1 saturated carbocycles. The summed E-state index contributed by atoms with van der Waals surface area (Å²) in [7, 11) is 0. The van der Waals surface area contributed by atoms with Crippen LogP contribution in [0.2, 0.25) is 0 Å². The summed E-state index contributed by atoms with van der Waals surface area (Å²) in [6.07, 6.45) is 8.46. The van der Waals surface area contributed by atoms with E-state index in [9.17, 15) is 5.11 Å². The number of rotatable bonds is 5. The van der Waals surface area contributed by atoms with Crippen molar-refractivity contribution in [2.75, 3.05) is 0 Å². The molecule has 0 spiro atoms. The Labute approximate surface area is 153 Å². The average molecular weight is 351 g/mol. The van der Waals surface area contributed by atoms with Gasteiger partial charge in [0, 0.05) is 12.1 Å². The molecule has 6 heteroatoms. The van der Waals surface area contributed by atoms with Crippen molar-refractivity contribution in [3.8, 4) is 22.8 Å². The number of nitrogens with zero attached hydrogens (tertiary/aromatic N) is 5. The lowest BCUT2D eigenvalue weighted by molar-refractivity contribution is -0.0111. The first kappa shape index (κ1) is 17.0. The molecule has 3 aromatic rings. The highest BCUT2D eigenvalue weighted by atomic mass is 16.3. The van der Waals surface area contributed by atoms with Crippen LogP contribution in [0.3, 0.4) is 0 Å². The lowest BCUT2D eigenvalue weighted by atomic mass is 9.85. The van der Waals surface area contributed by atoms with Crippen molar-refractivity contribution in [2.45, 2.75) is 57.7 Å². The summed E-state index contributed by atoms with van der Waals surface area (Å²) in [5.41, 5.74) is 2.18. The van der Waals surface area contributed by atoms with Gasteiger partial charge in [0.1, 0.15) is 12.0 Å². The van der Waals surface area contributed by atoms with Crippen molar-refractivity contribution in [1.82, 2.24) is 24.3 Å². The maximum Gasteiger partial charge on any atom is 0.177 e. The first-order chi connectivity index (χ1) is 12.7. The van der Waals surface area contributed by atoms with Gasteiger partial charge in [-0.15, -0.1) is 0 Å². The molecule has 26 heavy (non-hydrogen) atoms. The van der Waals surface area contributed by atoms with Gasteiger partial charge < -0.3 is 9.67 Å². The van der Waals surface area contributed by atoms with Crippen LogP contribution in [0.15, 0.2) is 43.0 Å². The van der Waals surface area contributed by atoms with E-state index in [-0.39, 0.29) is 0 Å². The number of imidazole rings is 1. The fourth-order valence-corrected chi connectivity index (χ4v) is 3.91. The minimum absolute atomic E-state index is 0.540. The normalized spacial score (nSPS) is 16.7. The summed E-state index contributed by atoms with van der Waals surface area (Å²) < 4.78 is 3.94. The molecule has 0 saturated heterocycles. The predicted octanol–water partition coefficient (Wildman–Crippen LogP) is 3.52. The Morgan fingerprint density at radius 3 is 2.58 bits per heavy atom. The molecule has 0 aliphatic heterocycles. The average Bonchev–Trinajstić information content (AvgIpc) is 3.28. The SMILES string of the molecule is CCn1ncnc1-c1c(-c2ccccc2)ncn1CC1(O)CCCCC1. The van der Waals surface area contributed by atoms with Gasteiger partial charge in [-0.1, -0.05) is 49.6 Å². The predicted molar refractivity (Wildman–Crippen MR) is 100 cm³/mol. The van der Waals surface area contributed by atoms with Gasteiger partial charge in [0.05, 0.1) is 24.2 Å². The Hall–Kier alpha value is -2.47. The highest BCUT2D eigenvalue weighted by molar-refractivity contribution is 5.75. The minimum Gasteiger partial charge on any atom is -0.388 e. The zero-order valence-corrected chi connectivity index (χ0v) is 15.2. The van der Waals surface area contributed by atoms with Crippen LogP contribution in [0.1, 0.15) is 39.0 Å². The molecular weight excluding hydrogens is 326 g/mol. The van der Waals surface area contributed by atoms with E-state index < -0.39 is 5.60 Å². The van der Waals surface area contributed by atoms with E-state index in [1.165, 1.54) is 6.42 Å². The van der Waals surface area contributed by atoms with Crippen molar-refractivity contribution >= 4 is 0 Å². The number of aromatic nitrogens is 5. The first-order valence-electron chi connectivity index (χ1n) is 9.41. The smallest absolute Gasteiger partial charge is 0.177 e. The molecule has 1 aliphatic carbocycles. The third-order valence-corrected chi connectivity index (χ3v) is 5.26. The molecule has 1 aromatic carbocycles. The second kappa shape index (κ2) is 7.03. The number of aliphatic hydroxyl groups is 1. The van der Waals surface area contributed by atoms with E-state index in [1.807, 2.05) is 29.2 Å². The van der Waals surface area contributed by atoms with Gasteiger partial charge in [-0.05, 0) is 19.8 Å². The Bertz CT molecular complexity index is 861. The standard InChI is InChI=1S/C20H25N5O/c1-2-25-19(21-14-23-25)18-17(16-9-5-3-6-10-16)22-15-24(18)13-20(26)11-7-4-8-12-20/h3,5-6,9-10,14-15,26H,2,4,7-8,11-13H2,1H3. The number of hydrogen-bond donors (Lipinski definition) is 1. The van der Waals surface area contributed by atoms with Crippen LogP contribution in [0.25, 0.3) is 22.8 Å². The van der Waals surface area contributed by atoms with E-state index in [4.69, 9.17) is 0 Å². The van der Waals surface area contributed by atoms with E-state index in [0.29, 0.717) is 6.54 Å². The van der Waals surface area contributed by atoms with E-state index >= 15 is 0 Å². The molecule has 136 valence electrons. The fourth-order valence-electron chi connectivity index (χ4n) is 3.91. The monoisotopic (exact) mass is 351 g/mol. The highest BCUT2D eigenvalue weighted by Crippen LogP contribution is 2.34. The molecule has 2 aromatic heterocycles. The largest absolute Gasteiger partial charge is 0.388 e. The van der Waals surface area contributed by atoms with Gasteiger partial charge >= 0.3 is 0 Å². The maximum absolute atomic E-state index is 11.1. The van der Waals surface area contributed by atoms with Crippen molar-refractivity contribution < 1.29 is 5.11 Å². The van der Waals surface area contributed by atoms with Crippen molar-refractivity contribution in [2.24, 2.45) is 0 Å². The topological polar surface area (TPSA) is 68.8 Å². The number of hydrogen-bond acceptors (Lipinski definition) is 4. The van der Waals surface area contributed by atoms with Gasteiger partial charge in [0.25, 0.3) is 0 Å². The number of aryl methyl sites for hydroxylation is 1. The molecule has 0 radical (unpaired) electrons. The molecule has 0 bridgehead atoms. The first-order valence-corrected chi connectivity index (χ1v) is 9.41. The van der Waals surface area contributed by atoms with Crippen LogP contribution in [0.4, 0.5) is 0 Å². The summed E-state index contributed by atoms with van der Waals surface area (Å²) in [4.78, 5) is 9.19. The number of benzene rings is 1. The highest BCUT2D eigenvalue weighted by Gasteiger charge is 2.31. The van der Waals surface area contributed by atoms with E-state index in [2.05, 4.69) is 38.7 Å². The van der Waals surface area contributed by atoms with Crippen LogP contribution in [-0.2, 0) is 13.1 Å². The minimum atomic E-state index is -0.668. The lowest BCUT2D eigenvalue weighted by Crippen LogP contribution is -2.36. The van der Waals surface area contributed by atoms with Gasteiger partial charge in [-0.2, -0.15) is 5.10 Å². The van der Waals surface area contributed by atoms with Gasteiger partial charge in [-0.3, -0.25) is 0 Å². The van der Waals surface area contributed by atoms with Crippen molar-refractivity contribution in [3.05, 3.63) is 43.0 Å². The molecule has 1 fully saturated rings. The van der Waals surface area contributed by atoms with Crippen LogP contribution in [-0.4, -0.2) is 35.0 Å². The molecule has 2 heterocycles. The molecule has 1 aliphatic rings. The zero-order valence-electron chi connectivity index (χ0n) is 15.2. The molecule has 0 unspecified atom stereocenters. The summed E-state index contributed by atoms with van der Waals surface area (Å²) >= 11 is 0. The van der Waals surface area contributed by atoms with Crippen LogP contribution >= 0.6 is 0 Å². The molecule has 1 N–H and O–H groups in total. The Morgan fingerprint density at radius 2 is 1.85 bits per heavy atom. The lowest BCUT2D eigenvalue weighted by Gasteiger charge is -2.32. The molecule has 0 amide bonds. The third kappa shape index (κ3) is 3.17. The maximum atomic E-state index is 11.1. The second-order valence-corrected chi connectivity index (χ2v) is 7.12. The van der Waals surface area contributed by atoms with E-state index in [1.54, 1.807) is 6.33 Å². The molecular formula is C20H25N5O. The second-order valence-electron chi connectivity index (χ2n) is 7.12. The van der Waals surface area contributed by atoms with E-state index in [0.717, 1.165) is 55.0 Å². The van der Waals surface area contributed by atoms with Gasteiger partial charge in [0.2, 0.25) is 0 Å².